The molecular formula is C33H31F2N3O4. The Bertz CT molecular complexity index is 1780. The van der Waals surface area contributed by atoms with Gasteiger partial charge in [-0.3, -0.25) is 4.79 Å². The average Bonchev–Trinajstić information content (AvgIpc) is 3.66. The van der Waals surface area contributed by atoms with Gasteiger partial charge in [-0.15, -0.1) is 0 Å². The number of H-pyrrole nitrogens is 2. The van der Waals surface area contributed by atoms with Crippen LogP contribution in [0, 0.1) is 18.6 Å². The minimum atomic E-state index is -0.845. The van der Waals surface area contributed by atoms with E-state index in [1.54, 1.807) is 19.3 Å². The van der Waals surface area contributed by atoms with E-state index in [4.69, 9.17) is 19.6 Å². The van der Waals surface area contributed by atoms with Crippen LogP contribution in [0.4, 0.5) is 8.78 Å². The van der Waals surface area contributed by atoms with Gasteiger partial charge in [0.05, 0.1) is 17.4 Å². The van der Waals surface area contributed by atoms with Gasteiger partial charge < -0.3 is 24.5 Å². The van der Waals surface area contributed by atoms with Gasteiger partial charge in [-0.05, 0) is 68.5 Å². The zero-order valence-electron chi connectivity index (χ0n) is 23.3. The SMILES string of the molecule is Cc1c(Oc2ccc(F)c(-c3nc(C4(c5cccc(CCC(=O)O)c5)CCOC(C)C4)c[nH]3)c2)c(F)cc2[nH]ccc12. The van der Waals surface area contributed by atoms with Crippen molar-refractivity contribution < 1.29 is 28.2 Å². The maximum absolute atomic E-state index is 15.2. The normalized spacial score (nSPS) is 18.8. The molecule has 0 spiro atoms. The lowest BCUT2D eigenvalue weighted by Gasteiger charge is -2.39. The molecule has 6 rings (SSSR count). The first kappa shape index (κ1) is 27.7. The first-order valence-electron chi connectivity index (χ1n) is 14.0. The number of carbonyl (C=O) groups is 1. The molecule has 216 valence electrons. The maximum Gasteiger partial charge on any atom is 0.303 e. The molecule has 3 aromatic carbocycles. The van der Waals surface area contributed by atoms with Crippen molar-refractivity contribution >= 4 is 16.9 Å². The molecule has 9 heteroatoms. The van der Waals surface area contributed by atoms with Crippen molar-refractivity contribution in [2.45, 2.75) is 51.0 Å². The number of carboxylic acids is 1. The van der Waals surface area contributed by atoms with Crippen molar-refractivity contribution in [1.82, 2.24) is 15.0 Å². The molecule has 7 nitrogen and oxygen atoms in total. The van der Waals surface area contributed by atoms with Crippen LogP contribution >= 0.6 is 0 Å². The Morgan fingerprint density at radius 2 is 2.00 bits per heavy atom. The number of nitrogens with zero attached hydrogens (tertiary/aromatic N) is 1. The van der Waals surface area contributed by atoms with Crippen LogP contribution in [-0.2, 0) is 21.4 Å². The van der Waals surface area contributed by atoms with Gasteiger partial charge in [-0.2, -0.15) is 0 Å². The van der Waals surface area contributed by atoms with Gasteiger partial charge in [0.1, 0.15) is 17.4 Å². The highest BCUT2D eigenvalue weighted by atomic mass is 19.1. The first-order valence-corrected chi connectivity index (χ1v) is 14.0. The molecule has 1 fully saturated rings. The molecule has 2 aromatic heterocycles. The molecule has 3 heterocycles. The maximum atomic E-state index is 15.2. The highest BCUT2D eigenvalue weighted by Gasteiger charge is 2.41. The third-order valence-corrected chi connectivity index (χ3v) is 8.17. The molecule has 0 amide bonds. The molecule has 0 saturated carbocycles. The summed E-state index contributed by atoms with van der Waals surface area (Å²) in [5.41, 5.74) is 3.69. The number of aliphatic carboxylic acids is 1. The molecule has 1 saturated heterocycles. The highest BCUT2D eigenvalue weighted by Crippen LogP contribution is 2.44. The second-order valence-corrected chi connectivity index (χ2v) is 10.9. The number of aromatic amines is 2. The van der Waals surface area contributed by atoms with Gasteiger partial charge in [0, 0.05) is 53.4 Å². The van der Waals surface area contributed by atoms with Crippen molar-refractivity contribution in [3.8, 4) is 22.9 Å². The Balaban J connectivity index is 1.35. The molecule has 3 N–H and O–H groups in total. The summed E-state index contributed by atoms with van der Waals surface area (Å²) >= 11 is 0. The van der Waals surface area contributed by atoms with E-state index < -0.39 is 23.0 Å². The van der Waals surface area contributed by atoms with E-state index in [2.05, 4.69) is 9.97 Å². The number of hydrogen-bond donors (Lipinski definition) is 3. The average molecular weight is 572 g/mol. The van der Waals surface area contributed by atoms with Crippen molar-refractivity contribution in [3.63, 3.8) is 0 Å². The standard InChI is InChI=1S/C33H31F2N3O4/c1-19-17-33(11-13-41-19,22-5-3-4-21(14-22)6-9-30(39)40)29-18-37-32(38-29)25-15-23(7-8-26(25)34)42-31-20(2)24-10-12-36-28(24)16-27(31)35/h3-5,7-8,10,12,14-16,18-19,36H,6,9,11,13,17H2,1-2H3,(H,37,38)(H,39,40). The van der Waals surface area contributed by atoms with E-state index in [1.807, 2.05) is 37.3 Å². The number of halogens is 2. The summed E-state index contributed by atoms with van der Waals surface area (Å²) in [6, 6.07) is 15.4. The molecule has 1 aliphatic rings. The van der Waals surface area contributed by atoms with Gasteiger partial charge in [0.2, 0.25) is 0 Å². The van der Waals surface area contributed by atoms with Gasteiger partial charge >= 0.3 is 5.97 Å². The van der Waals surface area contributed by atoms with Crippen LogP contribution in [-0.4, -0.2) is 38.7 Å². The van der Waals surface area contributed by atoms with E-state index in [0.717, 1.165) is 22.2 Å². The molecule has 42 heavy (non-hydrogen) atoms. The van der Waals surface area contributed by atoms with Gasteiger partial charge in [0.15, 0.2) is 11.6 Å². The lowest BCUT2D eigenvalue weighted by Crippen LogP contribution is -2.39. The number of fused-ring (bicyclic) bond motifs is 1. The highest BCUT2D eigenvalue weighted by molar-refractivity contribution is 5.85. The van der Waals surface area contributed by atoms with Gasteiger partial charge in [-0.25, -0.2) is 13.8 Å². The van der Waals surface area contributed by atoms with Crippen LogP contribution in [0.5, 0.6) is 11.5 Å². The van der Waals surface area contributed by atoms with Crippen LogP contribution in [0.2, 0.25) is 0 Å². The Morgan fingerprint density at radius 3 is 2.81 bits per heavy atom. The number of carboxylic acid groups (broad SMARTS) is 1. The summed E-state index contributed by atoms with van der Waals surface area (Å²) in [7, 11) is 0. The van der Waals surface area contributed by atoms with E-state index in [1.165, 1.54) is 24.3 Å². The smallest absolute Gasteiger partial charge is 0.303 e. The summed E-state index contributed by atoms with van der Waals surface area (Å²) in [5.74, 6) is -1.17. The van der Waals surface area contributed by atoms with Crippen molar-refractivity contribution in [2.75, 3.05) is 6.61 Å². The van der Waals surface area contributed by atoms with Gasteiger partial charge in [0.25, 0.3) is 0 Å². The first-order chi connectivity index (χ1) is 20.2. The van der Waals surface area contributed by atoms with Crippen LogP contribution in [0.1, 0.15) is 48.6 Å². The molecule has 0 aliphatic carbocycles. The van der Waals surface area contributed by atoms with Crippen LogP contribution < -0.4 is 4.74 Å². The topological polar surface area (TPSA) is 100 Å². The third kappa shape index (κ3) is 5.16. The number of aromatic nitrogens is 3. The van der Waals surface area contributed by atoms with Crippen LogP contribution in [0.25, 0.3) is 22.3 Å². The lowest BCUT2D eigenvalue weighted by atomic mass is 9.70. The second-order valence-electron chi connectivity index (χ2n) is 10.9. The molecular weight excluding hydrogens is 540 g/mol. The summed E-state index contributed by atoms with van der Waals surface area (Å²) in [5, 5.41) is 10.0. The molecule has 5 aromatic rings. The van der Waals surface area contributed by atoms with Crippen LogP contribution in [0.3, 0.4) is 0 Å². The number of imidazole rings is 1. The zero-order chi connectivity index (χ0) is 29.4. The monoisotopic (exact) mass is 571 g/mol. The minimum absolute atomic E-state index is 0.0365. The number of nitrogens with one attached hydrogen (secondary N) is 2. The molecule has 0 bridgehead atoms. The Kier molecular flexibility index (Phi) is 7.28. The minimum Gasteiger partial charge on any atom is -0.481 e. The lowest BCUT2D eigenvalue weighted by molar-refractivity contribution is -0.136. The summed E-state index contributed by atoms with van der Waals surface area (Å²) in [4.78, 5) is 22.2. The van der Waals surface area contributed by atoms with Crippen molar-refractivity contribution in [3.05, 3.63) is 101 Å². The zero-order valence-corrected chi connectivity index (χ0v) is 23.3. The second kappa shape index (κ2) is 11.1. The largest absolute Gasteiger partial charge is 0.481 e. The predicted octanol–water partition coefficient (Wildman–Crippen LogP) is 7.44. The van der Waals surface area contributed by atoms with Crippen LogP contribution in [0.15, 0.2) is 67.0 Å². The number of aryl methyl sites for hydroxylation is 2. The fourth-order valence-corrected chi connectivity index (χ4v) is 6.02. The fourth-order valence-electron chi connectivity index (χ4n) is 6.02. The van der Waals surface area contributed by atoms with E-state index >= 15 is 4.39 Å². The van der Waals surface area contributed by atoms with E-state index in [0.29, 0.717) is 42.8 Å². The molecule has 0 radical (unpaired) electrons. The Morgan fingerprint density at radius 1 is 1.14 bits per heavy atom. The number of benzene rings is 3. The Labute approximate surface area is 241 Å². The van der Waals surface area contributed by atoms with Crippen molar-refractivity contribution in [2.24, 2.45) is 0 Å². The molecule has 1 aliphatic heterocycles. The summed E-state index contributed by atoms with van der Waals surface area (Å²) in [6.45, 7) is 4.32. The number of hydrogen-bond acceptors (Lipinski definition) is 4. The predicted molar refractivity (Wildman–Crippen MR) is 155 cm³/mol. The molecule has 2 unspecified atom stereocenters. The Hall–Kier alpha value is -4.50. The number of ether oxygens (including phenoxy) is 2. The third-order valence-electron chi connectivity index (χ3n) is 8.17. The number of rotatable bonds is 8. The van der Waals surface area contributed by atoms with Crippen molar-refractivity contribution in [1.29, 1.82) is 0 Å². The van der Waals surface area contributed by atoms with E-state index in [9.17, 15) is 9.18 Å². The quantitative estimate of drug-likeness (QED) is 0.180. The van der Waals surface area contributed by atoms with Gasteiger partial charge in [-0.1, -0.05) is 24.3 Å². The summed E-state index contributed by atoms with van der Waals surface area (Å²) in [6.07, 6.45) is 5.29. The molecule has 2 atom stereocenters. The summed E-state index contributed by atoms with van der Waals surface area (Å²) < 4.78 is 42.0. The fraction of sp³-hybridized carbons (Fsp3) is 0.273. The van der Waals surface area contributed by atoms with E-state index in [-0.39, 0.29) is 29.6 Å².